The minimum Gasteiger partial charge on any atom is -0.379 e. The molecule has 2 fully saturated rings. The van der Waals surface area contributed by atoms with Crippen molar-refractivity contribution in [1.29, 1.82) is 0 Å². The summed E-state index contributed by atoms with van der Waals surface area (Å²) in [5.41, 5.74) is 0.782. The second-order valence-electron chi connectivity index (χ2n) is 6.28. The van der Waals surface area contributed by atoms with E-state index in [1.165, 1.54) is 0 Å². The Morgan fingerprint density at radius 1 is 1.17 bits per heavy atom. The highest BCUT2D eigenvalue weighted by atomic mass is 16.5. The average molecular weight is 311 g/mol. The van der Waals surface area contributed by atoms with Gasteiger partial charge in [0.15, 0.2) is 0 Å². The zero-order chi connectivity index (χ0) is 15.8. The topological polar surface area (TPSA) is 38.8 Å². The summed E-state index contributed by atoms with van der Waals surface area (Å²) in [4.78, 5) is 15.2. The van der Waals surface area contributed by atoms with Crippen molar-refractivity contribution in [3.63, 3.8) is 0 Å². The van der Waals surface area contributed by atoms with Crippen molar-refractivity contribution in [3.05, 3.63) is 48.0 Å². The molecule has 2 aliphatic rings. The standard InChI is InChI=1S/C19H21NO3/c1-22-17-10-9-16-18(17)23-12-11-20(16)19(21)15-8-4-6-13-5-2-3-7-14(13)15/h2-8,16-18H,9-12H2,1H3/t16-,17-,18+/m1/s1. The number of hydrogen-bond donors (Lipinski definition) is 0. The molecule has 2 aromatic carbocycles. The van der Waals surface area contributed by atoms with Crippen LogP contribution >= 0.6 is 0 Å². The van der Waals surface area contributed by atoms with Crippen molar-refractivity contribution < 1.29 is 14.3 Å². The Bertz CT molecular complexity index is 724. The van der Waals surface area contributed by atoms with E-state index in [0.717, 1.165) is 29.2 Å². The van der Waals surface area contributed by atoms with Crippen LogP contribution in [0.25, 0.3) is 10.8 Å². The van der Waals surface area contributed by atoms with E-state index in [0.29, 0.717) is 13.2 Å². The van der Waals surface area contributed by atoms with Crippen molar-refractivity contribution in [2.45, 2.75) is 31.1 Å². The first-order valence-electron chi connectivity index (χ1n) is 8.23. The van der Waals surface area contributed by atoms with Crippen LogP contribution < -0.4 is 0 Å². The third-order valence-corrected chi connectivity index (χ3v) is 5.12. The normalized spacial score (nSPS) is 27.2. The van der Waals surface area contributed by atoms with E-state index in [4.69, 9.17) is 9.47 Å². The zero-order valence-corrected chi connectivity index (χ0v) is 13.3. The SMILES string of the molecule is CO[C@@H]1CC[C@@H]2[C@@H]1OCCN2C(=O)c1cccc2ccccc12. The summed E-state index contributed by atoms with van der Waals surface area (Å²) >= 11 is 0. The highest BCUT2D eigenvalue weighted by Gasteiger charge is 2.44. The molecule has 1 heterocycles. The molecule has 0 bridgehead atoms. The van der Waals surface area contributed by atoms with Gasteiger partial charge in [0.05, 0.1) is 18.8 Å². The predicted molar refractivity (Wildman–Crippen MR) is 88.5 cm³/mol. The lowest BCUT2D eigenvalue weighted by Gasteiger charge is -2.39. The molecular weight excluding hydrogens is 290 g/mol. The number of nitrogens with zero attached hydrogens (tertiary/aromatic N) is 1. The minimum absolute atomic E-state index is 0.00711. The number of ether oxygens (including phenoxy) is 2. The molecule has 0 spiro atoms. The number of morpholine rings is 1. The van der Waals surface area contributed by atoms with Gasteiger partial charge in [-0.1, -0.05) is 36.4 Å². The number of methoxy groups -OCH3 is 1. The van der Waals surface area contributed by atoms with Crippen molar-refractivity contribution in [2.24, 2.45) is 0 Å². The monoisotopic (exact) mass is 311 g/mol. The van der Waals surface area contributed by atoms with E-state index in [2.05, 4.69) is 0 Å². The first-order chi connectivity index (χ1) is 11.3. The van der Waals surface area contributed by atoms with Crippen LogP contribution in [0.1, 0.15) is 23.2 Å². The van der Waals surface area contributed by atoms with Gasteiger partial charge in [-0.05, 0) is 29.7 Å². The summed E-state index contributed by atoms with van der Waals surface area (Å²) in [5, 5.41) is 2.12. The number of benzene rings is 2. The largest absolute Gasteiger partial charge is 0.379 e. The van der Waals surface area contributed by atoms with Crippen LogP contribution in [0.4, 0.5) is 0 Å². The molecule has 2 aromatic rings. The van der Waals surface area contributed by atoms with Crippen LogP contribution in [-0.4, -0.2) is 49.3 Å². The number of amides is 1. The summed E-state index contributed by atoms with van der Waals surface area (Å²) in [6.07, 6.45) is 2.00. The van der Waals surface area contributed by atoms with E-state index in [1.54, 1.807) is 7.11 Å². The van der Waals surface area contributed by atoms with Gasteiger partial charge in [-0.2, -0.15) is 0 Å². The van der Waals surface area contributed by atoms with E-state index in [1.807, 2.05) is 47.4 Å². The highest BCUT2D eigenvalue weighted by Crippen LogP contribution is 2.33. The summed E-state index contributed by atoms with van der Waals surface area (Å²) in [5.74, 6) is 0.108. The van der Waals surface area contributed by atoms with Gasteiger partial charge in [0.1, 0.15) is 6.10 Å². The predicted octanol–water partition coefficient (Wildman–Crippen LogP) is 2.86. The first kappa shape index (κ1) is 14.7. The fourth-order valence-corrected chi connectivity index (χ4v) is 3.99. The Balaban J connectivity index is 1.68. The van der Waals surface area contributed by atoms with E-state index >= 15 is 0 Å². The zero-order valence-electron chi connectivity index (χ0n) is 13.3. The van der Waals surface area contributed by atoms with Gasteiger partial charge in [0.25, 0.3) is 5.91 Å². The smallest absolute Gasteiger partial charge is 0.254 e. The molecule has 0 aromatic heterocycles. The van der Waals surface area contributed by atoms with Crippen LogP contribution in [0.5, 0.6) is 0 Å². The van der Waals surface area contributed by atoms with Gasteiger partial charge in [-0.25, -0.2) is 0 Å². The second kappa shape index (κ2) is 5.95. The van der Waals surface area contributed by atoms with Crippen molar-refractivity contribution >= 4 is 16.7 Å². The summed E-state index contributed by atoms with van der Waals surface area (Å²) in [6.45, 7) is 1.23. The molecule has 1 saturated heterocycles. The third kappa shape index (κ3) is 2.42. The van der Waals surface area contributed by atoms with Gasteiger partial charge in [0, 0.05) is 19.2 Å². The Hall–Kier alpha value is -1.91. The van der Waals surface area contributed by atoms with Crippen molar-refractivity contribution in [2.75, 3.05) is 20.3 Å². The Morgan fingerprint density at radius 3 is 2.87 bits per heavy atom. The van der Waals surface area contributed by atoms with Crippen molar-refractivity contribution in [1.82, 2.24) is 4.90 Å². The molecule has 1 aliphatic carbocycles. The minimum atomic E-state index is 0.00711. The van der Waals surface area contributed by atoms with Crippen molar-refractivity contribution in [3.8, 4) is 0 Å². The molecule has 120 valence electrons. The molecular formula is C19H21NO3. The lowest BCUT2D eigenvalue weighted by molar-refractivity contribution is -0.0946. The molecule has 1 amide bonds. The maximum Gasteiger partial charge on any atom is 0.254 e. The molecule has 3 atom stereocenters. The number of fused-ring (bicyclic) bond motifs is 2. The van der Waals surface area contributed by atoms with Crippen LogP contribution in [0.3, 0.4) is 0 Å². The summed E-state index contributed by atoms with van der Waals surface area (Å²) in [6, 6.07) is 14.1. The van der Waals surface area contributed by atoms with Gasteiger partial charge in [0.2, 0.25) is 0 Å². The lowest BCUT2D eigenvalue weighted by Crippen LogP contribution is -2.53. The number of carbonyl (C=O) groups is 1. The molecule has 1 aliphatic heterocycles. The van der Waals surface area contributed by atoms with E-state index in [-0.39, 0.29) is 24.2 Å². The van der Waals surface area contributed by atoms with E-state index < -0.39 is 0 Å². The fraction of sp³-hybridized carbons (Fsp3) is 0.421. The van der Waals surface area contributed by atoms with Crippen LogP contribution in [-0.2, 0) is 9.47 Å². The molecule has 0 N–H and O–H groups in total. The molecule has 23 heavy (non-hydrogen) atoms. The van der Waals surface area contributed by atoms with Crippen LogP contribution in [0.2, 0.25) is 0 Å². The maximum atomic E-state index is 13.2. The maximum absolute atomic E-state index is 13.2. The molecule has 0 radical (unpaired) electrons. The Kier molecular flexibility index (Phi) is 3.79. The Labute approximate surface area is 136 Å². The quantitative estimate of drug-likeness (QED) is 0.856. The summed E-state index contributed by atoms with van der Waals surface area (Å²) < 4.78 is 11.4. The van der Waals surface area contributed by atoms with Gasteiger partial charge in [-0.3, -0.25) is 4.79 Å². The van der Waals surface area contributed by atoms with E-state index in [9.17, 15) is 4.79 Å². The second-order valence-corrected chi connectivity index (χ2v) is 6.28. The summed E-state index contributed by atoms with van der Waals surface area (Å²) in [7, 11) is 1.72. The Morgan fingerprint density at radius 2 is 2.00 bits per heavy atom. The number of hydrogen-bond acceptors (Lipinski definition) is 3. The molecule has 4 rings (SSSR count). The van der Waals surface area contributed by atoms with Crippen LogP contribution in [0, 0.1) is 0 Å². The highest BCUT2D eigenvalue weighted by molar-refractivity contribution is 6.07. The van der Waals surface area contributed by atoms with Gasteiger partial charge in [-0.15, -0.1) is 0 Å². The number of rotatable bonds is 2. The molecule has 4 heteroatoms. The fourth-order valence-electron chi connectivity index (χ4n) is 3.99. The van der Waals surface area contributed by atoms with Gasteiger partial charge < -0.3 is 14.4 Å². The number of carbonyl (C=O) groups excluding carboxylic acids is 1. The third-order valence-electron chi connectivity index (χ3n) is 5.12. The van der Waals surface area contributed by atoms with Crippen LogP contribution in [0.15, 0.2) is 42.5 Å². The molecule has 4 nitrogen and oxygen atoms in total. The first-order valence-corrected chi connectivity index (χ1v) is 8.23. The molecule has 1 saturated carbocycles. The molecule has 0 unspecified atom stereocenters. The average Bonchev–Trinajstić information content (AvgIpc) is 3.04. The van der Waals surface area contributed by atoms with Gasteiger partial charge >= 0.3 is 0 Å². The lowest BCUT2D eigenvalue weighted by atomic mass is 10.0.